The quantitative estimate of drug-likeness (QED) is 0.731. The first-order valence-corrected chi connectivity index (χ1v) is 6.15. The first kappa shape index (κ1) is 13.4. The molecule has 0 saturated carbocycles. The van der Waals surface area contributed by atoms with Crippen LogP contribution < -0.4 is 5.73 Å². The first-order chi connectivity index (χ1) is 7.56. The average Bonchev–Trinajstić information content (AvgIpc) is 2.62. The van der Waals surface area contributed by atoms with Gasteiger partial charge < -0.3 is 15.4 Å². The molecule has 0 spiro atoms. The summed E-state index contributed by atoms with van der Waals surface area (Å²) in [7, 11) is 0. The highest BCUT2D eigenvalue weighted by Crippen LogP contribution is 2.21. The van der Waals surface area contributed by atoms with Crippen LogP contribution in [0.15, 0.2) is 0 Å². The van der Waals surface area contributed by atoms with E-state index < -0.39 is 0 Å². The summed E-state index contributed by atoms with van der Waals surface area (Å²) in [5.41, 5.74) is 5.49. The summed E-state index contributed by atoms with van der Waals surface area (Å²) in [6, 6.07) is 0. The molecular formula is C11H20N2O2S. The number of hydrogen-bond donors (Lipinski definition) is 1. The number of ether oxygens (including phenoxy) is 1. The van der Waals surface area contributed by atoms with Crippen LogP contribution in [0.2, 0.25) is 0 Å². The van der Waals surface area contributed by atoms with E-state index in [4.69, 9.17) is 22.7 Å². The molecule has 0 aliphatic carbocycles. The van der Waals surface area contributed by atoms with Crippen molar-refractivity contribution in [3.63, 3.8) is 0 Å². The van der Waals surface area contributed by atoms with Gasteiger partial charge in [0.05, 0.1) is 11.5 Å². The summed E-state index contributed by atoms with van der Waals surface area (Å²) in [6.07, 6.45) is 1.54. The van der Waals surface area contributed by atoms with Crippen molar-refractivity contribution < 1.29 is 9.53 Å². The van der Waals surface area contributed by atoms with E-state index in [1.165, 1.54) is 0 Å². The highest BCUT2D eigenvalue weighted by Gasteiger charge is 2.33. The minimum Gasteiger partial charge on any atom is -0.392 e. The number of carbonyl (C=O) groups is 1. The van der Waals surface area contributed by atoms with E-state index in [-0.39, 0.29) is 12.0 Å². The van der Waals surface area contributed by atoms with Crippen LogP contribution in [-0.2, 0) is 9.53 Å². The molecule has 4 nitrogen and oxygen atoms in total. The van der Waals surface area contributed by atoms with Crippen LogP contribution in [-0.4, -0.2) is 41.6 Å². The Morgan fingerprint density at radius 2 is 2.31 bits per heavy atom. The molecule has 92 valence electrons. The minimum absolute atomic E-state index is 0.0275. The number of rotatable bonds is 5. The maximum absolute atomic E-state index is 12.2. The molecule has 1 amide bonds. The zero-order chi connectivity index (χ0) is 12.1. The van der Waals surface area contributed by atoms with Gasteiger partial charge in [0.25, 0.3) is 5.91 Å². The first-order valence-electron chi connectivity index (χ1n) is 5.75. The second-order valence-corrected chi connectivity index (χ2v) is 4.81. The fourth-order valence-electron chi connectivity index (χ4n) is 1.92. The third-order valence-electron chi connectivity index (χ3n) is 2.78. The van der Waals surface area contributed by atoms with Crippen LogP contribution in [0.25, 0.3) is 0 Å². The highest BCUT2D eigenvalue weighted by molar-refractivity contribution is 7.80. The van der Waals surface area contributed by atoms with Crippen LogP contribution in [0.4, 0.5) is 0 Å². The molecule has 5 heteroatoms. The van der Waals surface area contributed by atoms with Crippen LogP contribution in [0.5, 0.6) is 0 Å². The molecule has 0 aromatic rings. The minimum atomic E-state index is -0.305. The maximum atomic E-state index is 12.2. The smallest absolute Gasteiger partial charge is 0.252 e. The number of amides is 1. The van der Waals surface area contributed by atoms with Crippen LogP contribution in [0.3, 0.4) is 0 Å². The van der Waals surface area contributed by atoms with Crippen molar-refractivity contribution in [1.82, 2.24) is 4.90 Å². The van der Waals surface area contributed by atoms with Crippen molar-refractivity contribution in [2.45, 2.75) is 32.8 Å². The van der Waals surface area contributed by atoms with Gasteiger partial charge in [-0.1, -0.05) is 26.1 Å². The van der Waals surface area contributed by atoms with Gasteiger partial charge in [0.2, 0.25) is 0 Å². The molecule has 0 aromatic heterocycles. The Kier molecular flexibility index (Phi) is 5.15. The van der Waals surface area contributed by atoms with Gasteiger partial charge in [0, 0.05) is 13.2 Å². The van der Waals surface area contributed by atoms with E-state index in [1.807, 2.05) is 13.8 Å². The highest BCUT2D eigenvalue weighted by atomic mass is 32.1. The van der Waals surface area contributed by atoms with E-state index in [0.717, 1.165) is 12.8 Å². The fourth-order valence-corrected chi connectivity index (χ4v) is 2.07. The molecule has 2 atom stereocenters. The number of nitrogens with two attached hydrogens (primary N) is 1. The Morgan fingerprint density at radius 3 is 2.75 bits per heavy atom. The summed E-state index contributed by atoms with van der Waals surface area (Å²) < 4.78 is 5.46. The largest absolute Gasteiger partial charge is 0.392 e. The second-order valence-electron chi connectivity index (χ2n) is 4.28. The number of nitrogens with zero attached hydrogens (tertiary/aromatic N) is 1. The van der Waals surface area contributed by atoms with Crippen LogP contribution in [0.1, 0.15) is 26.7 Å². The predicted octanol–water partition coefficient (Wildman–Crippen LogP) is 0.936. The summed E-state index contributed by atoms with van der Waals surface area (Å²) >= 11 is 4.85. The predicted molar refractivity (Wildman–Crippen MR) is 67.2 cm³/mol. The lowest BCUT2D eigenvalue weighted by molar-refractivity contribution is -0.141. The number of hydrogen-bond acceptors (Lipinski definition) is 3. The lowest BCUT2D eigenvalue weighted by Gasteiger charge is -2.25. The van der Waals surface area contributed by atoms with Crippen molar-refractivity contribution in [3.05, 3.63) is 0 Å². The second kappa shape index (κ2) is 6.15. The standard InChI is InChI=1S/C11H20N2O2S/c1-3-5-13(7-9(12)16)11(14)10-8(2)4-6-15-10/h8,10H,3-7H2,1-2H3,(H2,12,16). The molecule has 16 heavy (non-hydrogen) atoms. The van der Waals surface area contributed by atoms with Crippen molar-refractivity contribution in [1.29, 1.82) is 0 Å². The monoisotopic (exact) mass is 244 g/mol. The summed E-state index contributed by atoms with van der Waals surface area (Å²) in [6.45, 7) is 5.78. The molecule has 0 radical (unpaired) electrons. The van der Waals surface area contributed by atoms with Crippen LogP contribution >= 0.6 is 12.2 Å². The summed E-state index contributed by atoms with van der Waals surface area (Å²) in [5.74, 6) is 0.317. The molecule has 2 unspecified atom stereocenters. The van der Waals surface area contributed by atoms with Gasteiger partial charge in [0.1, 0.15) is 6.10 Å². The molecule has 1 saturated heterocycles. The molecule has 1 aliphatic rings. The van der Waals surface area contributed by atoms with E-state index in [9.17, 15) is 4.79 Å². The molecule has 1 rings (SSSR count). The Hall–Kier alpha value is -0.680. The zero-order valence-corrected chi connectivity index (χ0v) is 10.8. The lowest BCUT2D eigenvalue weighted by atomic mass is 10.0. The van der Waals surface area contributed by atoms with Crippen molar-refractivity contribution in [3.8, 4) is 0 Å². The topological polar surface area (TPSA) is 55.6 Å². The maximum Gasteiger partial charge on any atom is 0.252 e. The van der Waals surface area contributed by atoms with E-state index in [1.54, 1.807) is 4.90 Å². The summed E-state index contributed by atoms with van der Waals surface area (Å²) in [5, 5.41) is 0. The molecule has 1 heterocycles. The zero-order valence-electron chi connectivity index (χ0n) is 9.94. The number of carbonyl (C=O) groups excluding carboxylic acids is 1. The van der Waals surface area contributed by atoms with Crippen molar-refractivity contribution in [2.75, 3.05) is 19.7 Å². The van der Waals surface area contributed by atoms with E-state index in [2.05, 4.69) is 0 Å². The van der Waals surface area contributed by atoms with Gasteiger partial charge in [-0.25, -0.2) is 0 Å². The van der Waals surface area contributed by atoms with Crippen LogP contribution in [0, 0.1) is 5.92 Å². The van der Waals surface area contributed by atoms with Gasteiger partial charge in [-0.15, -0.1) is 0 Å². The van der Waals surface area contributed by atoms with Gasteiger partial charge in [0.15, 0.2) is 0 Å². The molecule has 0 aromatic carbocycles. The lowest BCUT2D eigenvalue weighted by Crippen LogP contribution is -2.45. The average molecular weight is 244 g/mol. The Balaban J connectivity index is 2.62. The summed E-state index contributed by atoms with van der Waals surface area (Å²) in [4.78, 5) is 14.2. The van der Waals surface area contributed by atoms with Gasteiger partial charge >= 0.3 is 0 Å². The van der Waals surface area contributed by atoms with Gasteiger partial charge in [-0.3, -0.25) is 4.79 Å². The molecule has 0 bridgehead atoms. The van der Waals surface area contributed by atoms with Crippen molar-refractivity contribution in [2.24, 2.45) is 11.7 Å². The third-order valence-corrected chi connectivity index (χ3v) is 2.91. The molecular weight excluding hydrogens is 224 g/mol. The SMILES string of the molecule is CCCN(CC(N)=S)C(=O)C1OCCC1C. The molecule has 2 N–H and O–H groups in total. The van der Waals surface area contributed by atoms with Gasteiger partial charge in [-0.05, 0) is 18.8 Å². The normalized spacial score (nSPS) is 24.4. The fraction of sp³-hybridized carbons (Fsp3) is 0.818. The van der Waals surface area contributed by atoms with E-state index in [0.29, 0.717) is 30.6 Å². The Morgan fingerprint density at radius 1 is 1.62 bits per heavy atom. The van der Waals surface area contributed by atoms with E-state index >= 15 is 0 Å². The number of thiocarbonyl (C=S) groups is 1. The molecule has 1 fully saturated rings. The molecule has 1 aliphatic heterocycles. The van der Waals surface area contributed by atoms with Crippen molar-refractivity contribution >= 4 is 23.1 Å². The Labute approximate surface area is 102 Å². The Bertz CT molecular complexity index is 271. The third kappa shape index (κ3) is 3.42. The van der Waals surface area contributed by atoms with Gasteiger partial charge in [-0.2, -0.15) is 0 Å².